The molecule has 116 valence electrons. The summed E-state index contributed by atoms with van der Waals surface area (Å²) in [5.41, 5.74) is -0.313. The third kappa shape index (κ3) is 4.20. The molecule has 0 unspecified atom stereocenters. The average molecular weight is 301 g/mol. The molecule has 0 aliphatic carbocycles. The van der Waals surface area contributed by atoms with Gasteiger partial charge in [-0.2, -0.15) is 13.2 Å². The van der Waals surface area contributed by atoms with E-state index >= 15 is 0 Å². The summed E-state index contributed by atoms with van der Waals surface area (Å²) < 4.78 is 37.4. The van der Waals surface area contributed by atoms with Gasteiger partial charge in [-0.25, -0.2) is 0 Å². The van der Waals surface area contributed by atoms with E-state index < -0.39 is 11.7 Å². The highest BCUT2D eigenvalue weighted by Crippen LogP contribution is 2.29. The Bertz CT molecular complexity index is 479. The highest BCUT2D eigenvalue weighted by molar-refractivity contribution is 5.93. The Kier molecular flexibility index (Phi) is 4.88. The number of quaternary nitrogens is 1. The quantitative estimate of drug-likeness (QED) is 0.881. The Labute approximate surface area is 122 Å². The summed E-state index contributed by atoms with van der Waals surface area (Å²) in [5, 5.41) is 2.69. The van der Waals surface area contributed by atoms with Crippen LogP contribution in [0, 0.1) is 0 Å². The second-order valence-electron chi connectivity index (χ2n) is 5.50. The monoisotopic (exact) mass is 301 g/mol. The van der Waals surface area contributed by atoms with Gasteiger partial charge in [0.15, 0.2) is 6.04 Å². The third-order valence-electron chi connectivity index (χ3n) is 3.98. The van der Waals surface area contributed by atoms with Crippen LogP contribution in [0.15, 0.2) is 24.3 Å². The number of hydrogen-bond donors (Lipinski definition) is 2. The summed E-state index contributed by atoms with van der Waals surface area (Å²) in [6.07, 6.45) is -0.912. The Morgan fingerprint density at radius 2 is 1.71 bits per heavy atom. The van der Waals surface area contributed by atoms with E-state index in [2.05, 4.69) is 5.32 Å². The molecule has 1 heterocycles. The van der Waals surface area contributed by atoms with Crippen LogP contribution in [0.2, 0.25) is 0 Å². The number of carbonyl (C=O) groups excluding carboxylic acids is 1. The first-order valence-corrected chi connectivity index (χ1v) is 7.20. The predicted molar refractivity (Wildman–Crippen MR) is 74.1 cm³/mol. The molecule has 0 aromatic heterocycles. The molecule has 1 aliphatic heterocycles. The molecule has 0 saturated carbocycles. The molecule has 1 aliphatic rings. The number of likely N-dealkylation sites (tertiary alicyclic amines) is 1. The van der Waals surface area contributed by atoms with Gasteiger partial charge in [0.05, 0.1) is 18.7 Å². The molecule has 2 rings (SSSR count). The lowest BCUT2D eigenvalue weighted by Crippen LogP contribution is -3.17. The molecule has 3 nitrogen and oxygen atoms in total. The molecule has 1 amide bonds. The second-order valence-corrected chi connectivity index (χ2v) is 5.50. The van der Waals surface area contributed by atoms with Gasteiger partial charge in [-0.15, -0.1) is 0 Å². The zero-order valence-electron chi connectivity index (χ0n) is 12.0. The zero-order chi connectivity index (χ0) is 15.5. The number of anilines is 1. The molecule has 0 radical (unpaired) electrons. The van der Waals surface area contributed by atoms with Gasteiger partial charge in [0.25, 0.3) is 5.91 Å². The Morgan fingerprint density at radius 3 is 2.24 bits per heavy atom. The number of nitrogens with one attached hydrogen (secondary N) is 2. The first-order chi connectivity index (χ1) is 9.88. The van der Waals surface area contributed by atoms with E-state index in [1.807, 2.05) is 6.92 Å². The first-order valence-electron chi connectivity index (χ1n) is 7.20. The Balaban J connectivity index is 1.95. The summed E-state index contributed by atoms with van der Waals surface area (Å²) in [6, 6.07) is 4.35. The van der Waals surface area contributed by atoms with E-state index in [0.717, 1.165) is 38.1 Å². The van der Waals surface area contributed by atoms with Crippen LogP contribution >= 0.6 is 0 Å². The summed E-state index contributed by atoms with van der Waals surface area (Å²) in [7, 11) is 0. The summed E-state index contributed by atoms with van der Waals surface area (Å²) >= 11 is 0. The fraction of sp³-hybridized carbons (Fsp3) is 0.533. The van der Waals surface area contributed by atoms with Crippen LogP contribution in [0.4, 0.5) is 18.9 Å². The average Bonchev–Trinajstić information content (AvgIpc) is 2.47. The molecule has 1 aromatic carbocycles. The van der Waals surface area contributed by atoms with Gasteiger partial charge in [-0.05, 0) is 50.5 Å². The van der Waals surface area contributed by atoms with Crippen molar-refractivity contribution in [3.8, 4) is 0 Å². The van der Waals surface area contributed by atoms with Crippen molar-refractivity contribution in [1.29, 1.82) is 0 Å². The molecule has 2 N–H and O–H groups in total. The van der Waals surface area contributed by atoms with Gasteiger partial charge in [-0.3, -0.25) is 4.79 Å². The Morgan fingerprint density at radius 1 is 1.14 bits per heavy atom. The van der Waals surface area contributed by atoms with E-state index in [1.165, 1.54) is 23.5 Å². The van der Waals surface area contributed by atoms with Crippen molar-refractivity contribution >= 4 is 11.6 Å². The second kappa shape index (κ2) is 6.47. The van der Waals surface area contributed by atoms with Crippen molar-refractivity contribution in [2.75, 3.05) is 18.4 Å². The van der Waals surface area contributed by atoms with Crippen molar-refractivity contribution in [1.82, 2.24) is 0 Å². The van der Waals surface area contributed by atoms with Crippen molar-refractivity contribution in [3.63, 3.8) is 0 Å². The molecular formula is C15H20F3N2O+. The molecule has 1 aromatic rings. The van der Waals surface area contributed by atoms with Crippen molar-refractivity contribution in [2.24, 2.45) is 0 Å². The maximum atomic E-state index is 12.5. The number of carbonyl (C=O) groups is 1. The molecule has 0 spiro atoms. The van der Waals surface area contributed by atoms with E-state index in [4.69, 9.17) is 0 Å². The minimum atomic E-state index is -4.35. The van der Waals surface area contributed by atoms with Crippen LogP contribution in [0.25, 0.3) is 0 Å². The minimum Gasteiger partial charge on any atom is -0.325 e. The highest BCUT2D eigenvalue weighted by Gasteiger charge is 2.30. The lowest BCUT2D eigenvalue weighted by atomic mass is 10.1. The molecule has 21 heavy (non-hydrogen) atoms. The van der Waals surface area contributed by atoms with E-state index in [-0.39, 0.29) is 11.9 Å². The fourth-order valence-electron chi connectivity index (χ4n) is 2.62. The van der Waals surface area contributed by atoms with Gasteiger partial charge >= 0.3 is 6.18 Å². The largest absolute Gasteiger partial charge is 0.416 e. The van der Waals surface area contributed by atoms with E-state index in [9.17, 15) is 18.0 Å². The molecule has 0 bridgehead atoms. The lowest BCUT2D eigenvalue weighted by molar-refractivity contribution is -0.918. The number of benzene rings is 1. The van der Waals surface area contributed by atoms with Crippen LogP contribution < -0.4 is 10.2 Å². The topological polar surface area (TPSA) is 33.5 Å². The van der Waals surface area contributed by atoms with E-state index in [1.54, 1.807) is 0 Å². The number of rotatable bonds is 3. The number of alkyl halides is 3. The molecule has 1 fully saturated rings. The first kappa shape index (κ1) is 15.8. The Hall–Kier alpha value is -1.56. The lowest BCUT2D eigenvalue weighted by Gasteiger charge is -2.28. The highest BCUT2D eigenvalue weighted by atomic mass is 19.4. The summed E-state index contributed by atoms with van der Waals surface area (Å²) in [6.45, 7) is 3.81. The van der Waals surface area contributed by atoms with Crippen LogP contribution in [0.3, 0.4) is 0 Å². The molecule has 1 saturated heterocycles. The SMILES string of the molecule is C[C@H](C(=O)Nc1ccc(C(F)(F)F)cc1)[NH+]1CCCCC1. The number of piperidine rings is 1. The molecule has 6 heteroatoms. The van der Waals surface area contributed by atoms with Gasteiger partial charge in [-0.1, -0.05) is 0 Å². The molecule has 1 atom stereocenters. The van der Waals surface area contributed by atoms with Crippen molar-refractivity contribution in [2.45, 2.75) is 38.4 Å². The van der Waals surface area contributed by atoms with Crippen molar-refractivity contribution < 1.29 is 22.9 Å². The van der Waals surface area contributed by atoms with Crippen molar-refractivity contribution in [3.05, 3.63) is 29.8 Å². The smallest absolute Gasteiger partial charge is 0.325 e. The van der Waals surface area contributed by atoms with Crippen LogP contribution in [0.5, 0.6) is 0 Å². The van der Waals surface area contributed by atoms with Gasteiger partial charge in [0, 0.05) is 5.69 Å². The summed E-state index contributed by atoms with van der Waals surface area (Å²) in [4.78, 5) is 13.4. The van der Waals surface area contributed by atoms with E-state index in [0.29, 0.717) is 5.69 Å². The van der Waals surface area contributed by atoms with Gasteiger partial charge in [0.1, 0.15) is 0 Å². The maximum Gasteiger partial charge on any atom is 0.416 e. The predicted octanol–water partition coefficient (Wildman–Crippen LogP) is 2.10. The minimum absolute atomic E-state index is 0.147. The standard InChI is InChI=1S/C15H19F3N2O/c1-11(20-9-3-2-4-10-20)14(21)19-13-7-5-12(6-8-13)15(16,17)18/h5-8,11H,2-4,9-10H2,1H3,(H,19,21)/p+1/t11-/m1/s1. The third-order valence-corrected chi connectivity index (χ3v) is 3.98. The maximum absolute atomic E-state index is 12.5. The van der Waals surface area contributed by atoms with Crippen LogP contribution in [-0.2, 0) is 11.0 Å². The van der Waals surface area contributed by atoms with Crippen LogP contribution in [0.1, 0.15) is 31.7 Å². The number of amides is 1. The van der Waals surface area contributed by atoms with Gasteiger partial charge < -0.3 is 10.2 Å². The molecular weight excluding hydrogens is 281 g/mol. The normalized spacial score (nSPS) is 18.3. The van der Waals surface area contributed by atoms with Crippen LogP contribution in [-0.4, -0.2) is 25.0 Å². The fourth-order valence-corrected chi connectivity index (χ4v) is 2.62. The summed E-state index contributed by atoms with van der Waals surface area (Å²) in [5.74, 6) is -0.147. The zero-order valence-corrected chi connectivity index (χ0v) is 12.0. The number of halogens is 3. The van der Waals surface area contributed by atoms with Gasteiger partial charge in [0.2, 0.25) is 0 Å². The number of hydrogen-bond acceptors (Lipinski definition) is 1.